The molecule has 2 heterocycles. The second-order valence-electron chi connectivity index (χ2n) is 4.70. The average molecular weight is 249 g/mol. The second kappa shape index (κ2) is 5.93. The highest BCUT2D eigenvalue weighted by Crippen LogP contribution is 2.11. The molecule has 2 atom stereocenters. The first-order chi connectivity index (χ1) is 8.65. The number of ether oxygens (including phenoxy) is 1. The fourth-order valence-corrected chi connectivity index (χ4v) is 2.22. The van der Waals surface area contributed by atoms with Gasteiger partial charge in [0.2, 0.25) is 5.91 Å². The van der Waals surface area contributed by atoms with Crippen molar-refractivity contribution in [1.82, 2.24) is 9.88 Å². The molecule has 1 unspecified atom stereocenters. The van der Waals surface area contributed by atoms with Crippen LogP contribution in [0.15, 0.2) is 24.5 Å². The van der Waals surface area contributed by atoms with Crippen LogP contribution in [0.1, 0.15) is 12.5 Å². The smallest absolute Gasteiger partial charge is 0.247 e. The number of hydrogen-bond acceptors (Lipinski definition) is 4. The van der Waals surface area contributed by atoms with Crippen LogP contribution in [0.5, 0.6) is 0 Å². The van der Waals surface area contributed by atoms with E-state index in [0.29, 0.717) is 6.54 Å². The van der Waals surface area contributed by atoms with Crippen LogP contribution >= 0.6 is 0 Å². The standard InChI is InChI=1S/C13H19N3O2/c1-10-8-16(9-12(18-10)13(14)17)7-4-11-2-5-15-6-3-11/h2-3,5-6,10,12H,4,7-9H2,1H3,(H2,14,17)/t10-,12?/m1/s1. The number of carbonyl (C=O) groups is 1. The molecule has 98 valence electrons. The summed E-state index contributed by atoms with van der Waals surface area (Å²) in [6, 6.07) is 4.02. The van der Waals surface area contributed by atoms with E-state index in [0.717, 1.165) is 19.5 Å². The number of amides is 1. The van der Waals surface area contributed by atoms with Gasteiger partial charge >= 0.3 is 0 Å². The van der Waals surface area contributed by atoms with Crippen molar-refractivity contribution >= 4 is 5.91 Å². The summed E-state index contributed by atoms with van der Waals surface area (Å²) in [6.07, 6.45) is 4.10. The highest BCUT2D eigenvalue weighted by molar-refractivity contribution is 5.79. The highest BCUT2D eigenvalue weighted by atomic mass is 16.5. The second-order valence-corrected chi connectivity index (χ2v) is 4.70. The van der Waals surface area contributed by atoms with Crippen LogP contribution in [0.25, 0.3) is 0 Å². The van der Waals surface area contributed by atoms with Gasteiger partial charge in [0.15, 0.2) is 0 Å². The quantitative estimate of drug-likeness (QED) is 0.827. The van der Waals surface area contributed by atoms with Gasteiger partial charge in [0.1, 0.15) is 6.10 Å². The summed E-state index contributed by atoms with van der Waals surface area (Å²) < 4.78 is 5.50. The van der Waals surface area contributed by atoms with Gasteiger partial charge in [0, 0.05) is 32.0 Å². The first-order valence-electron chi connectivity index (χ1n) is 6.21. The zero-order chi connectivity index (χ0) is 13.0. The lowest BCUT2D eigenvalue weighted by Gasteiger charge is -2.35. The van der Waals surface area contributed by atoms with Gasteiger partial charge in [-0.25, -0.2) is 0 Å². The molecule has 0 radical (unpaired) electrons. The topological polar surface area (TPSA) is 68.5 Å². The molecule has 5 heteroatoms. The lowest BCUT2D eigenvalue weighted by molar-refractivity contribution is -0.142. The molecule has 5 nitrogen and oxygen atoms in total. The van der Waals surface area contributed by atoms with Gasteiger partial charge < -0.3 is 10.5 Å². The van der Waals surface area contributed by atoms with Crippen molar-refractivity contribution in [2.45, 2.75) is 25.6 Å². The molecule has 0 aromatic carbocycles. The van der Waals surface area contributed by atoms with E-state index in [4.69, 9.17) is 10.5 Å². The van der Waals surface area contributed by atoms with E-state index in [1.807, 2.05) is 19.1 Å². The lowest BCUT2D eigenvalue weighted by atomic mass is 10.1. The van der Waals surface area contributed by atoms with Crippen molar-refractivity contribution in [1.29, 1.82) is 0 Å². The molecule has 1 fully saturated rings. The Labute approximate surface area is 107 Å². The van der Waals surface area contributed by atoms with Gasteiger partial charge in [0.05, 0.1) is 6.10 Å². The maximum atomic E-state index is 11.2. The summed E-state index contributed by atoms with van der Waals surface area (Å²) >= 11 is 0. The predicted octanol–water partition coefficient (Wildman–Crippen LogP) is 0.199. The Morgan fingerprint density at radius 3 is 2.89 bits per heavy atom. The van der Waals surface area contributed by atoms with Crippen LogP contribution in [0.3, 0.4) is 0 Å². The van der Waals surface area contributed by atoms with Crippen molar-refractivity contribution in [2.75, 3.05) is 19.6 Å². The Bertz CT molecular complexity index is 396. The van der Waals surface area contributed by atoms with Crippen LogP contribution in [0.2, 0.25) is 0 Å². The third-order valence-electron chi connectivity index (χ3n) is 3.12. The molecule has 18 heavy (non-hydrogen) atoms. The van der Waals surface area contributed by atoms with Gasteiger partial charge in [-0.2, -0.15) is 0 Å². The molecule has 0 bridgehead atoms. The zero-order valence-corrected chi connectivity index (χ0v) is 10.6. The van der Waals surface area contributed by atoms with Gasteiger partial charge in [-0.15, -0.1) is 0 Å². The number of nitrogens with zero attached hydrogens (tertiary/aromatic N) is 2. The maximum absolute atomic E-state index is 11.2. The van der Waals surface area contributed by atoms with Crippen molar-refractivity contribution < 1.29 is 9.53 Å². The number of hydrogen-bond donors (Lipinski definition) is 1. The van der Waals surface area contributed by atoms with Crippen LogP contribution < -0.4 is 5.73 Å². The SMILES string of the molecule is C[C@@H]1CN(CCc2ccncc2)CC(C(N)=O)O1. The van der Waals surface area contributed by atoms with Crippen LogP contribution in [-0.4, -0.2) is 47.6 Å². The van der Waals surface area contributed by atoms with E-state index < -0.39 is 6.10 Å². The lowest BCUT2D eigenvalue weighted by Crippen LogP contribution is -2.51. The number of aromatic nitrogens is 1. The molecule has 1 amide bonds. The zero-order valence-electron chi connectivity index (χ0n) is 10.6. The summed E-state index contributed by atoms with van der Waals surface area (Å²) in [5.74, 6) is -0.379. The van der Waals surface area contributed by atoms with E-state index in [-0.39, 0.29) is 12.0 Å². The van der Waals surface area contributed by atoms with Gasteiger partial charge in [-0.1, -0.05) is 0 Å². The number of rotatable bonds is 4. The fourth-order valence-electron chi connectivity index (χ4n) is 2.22. The third-order valence-corrected chi connectivity index (χ3v) is 3.12. The van der Waals surface area contributed by atoms with Crippen molar-refractivity contribution in [3.05, 3.63) is 30.1 Å². The largest absolute Gasteiger partial charge is 0.367 e. The maximum Gasteiger partial charge on any atom is 0.247 e. The van der Waals surface area contributed by atoms with Gasteiger partial charge in [-0.3, -0.25) is 14.7 Å². The monoisotopic (exact) mass is 249 g/mol. The van der Waals surface area contributed by atoms with Crippen molar-refractivity contribution in [3.63, 3.8) is 0 Å². The minimum Gasteiger partial charge on any atom is -0.367 e. The molecule has 1 saturated heterocycles. The summed E-state index contributed by atoms with van der Waals surface area (Å²) in [7, 11) is 0. The highest BCUT2D eigenvalue weighted by Gasteiger charge is 2.28. The number of carbonyl (C=O) groups excluding carboxylic acids is 1. The molecule has 1 aliphatic heterocycles. The summed E-state index contributed by atoms with van der Waals surface area (Å²) in [4.78, 5) is 17.4. The molecule has 0 aliphatic carbocycles. The van der Waals surface area contributed by atoms with Gasteiger partial charge in [0.25, 0.3) is 0 Å². The molecule has 2 rings (SSSR count). The van der Waals surface area contributed by atoms with E-state index in [1.165, 1.54) is 5.56 Å². The van der Waals surface area contributed by atoms with E-state index in [1.54, 1.807) is 12.4 Å². The molecule has 1 aromatic heterocycles. The average Bonchev–Trinajstić information content (AvgIpc) is 2.37. The molecular weight excluding hydrogens is 230 g/mol. The molecular formula is C13H19N3O2. The molecule has 2 N–H and O–H groups in total. The first-order valence-corrected chi connectivity index (χ1v) is 6.21. The van der Waals surface area contributed by atoms with Crippen molar-refractivity contribution in [2.24, 2.45) is 5.73 Å². The number of morpholine rings is 1. The molecule has 1 aromatic rings. The Balaban J connectivity index is 1.87. The third kappa shape index (κ3) is 3.51. The first kappa shape index (κ1) is 13.0. The van der Waals surface area contributed by atoms with Crippen LogP contribution in [0, 0.1) is 0 Å². The van der Waals surface area contributed by atoms with E-state index in [2.05, 4.69) is 9.88 Å². The van der Waals surface area contributed by atoms with Crippen LogP contribution in [0.4, 0.5) is 0 Å². The minimum atomic E-state index is -0.480. The van der Waals surface area contributed by atoms with Gasteiger partial charge in [-0.05, 0) is 31.0 Å². The molecule has 1 aliphatic rings. The number of nitrogens with two attached hydrogens (primary N) is 1. The Kier molecular flexibility index (Phi) is 4.28. The van der Waals surface area contributed by atoms with Crippen molar-refractivity contribution in [3.8, 4) is 0 Å². The fraction of sp³-hybridized carbons (Fsp3) is 0.538. The number of pyridine rings is 1. The normalized spacial score (nSPS) is 24.9. The summed E-state index contributed by atoms with van der Waals surface area (Å²) in [5, 5.41) is 0. The van der Waals surface area contributed by atoms with Crippen LogP contribution in [-0.2, 0) is 16.0 Å². The minimum absolute atomic E-state index is 0.0497. The van der Waals surface area contributed by atoms with E-state index in [9.17, 15) is 4.79 Å². The Morgan fingerprint density at radius 2 is 2.22 bits per heavy atom. The molecule has 0 saturated carbocycles. The molecule has 0 spiro atoms. The number of primary amides is 1. The summed E-state index contributed by atoms with van der Waals surface area (Å²) in [6.45, 7) is 4.30. The Morgan fingerprint density at radius 1 is 1.50 bits per heavy atom. The summed E-state index contributed by atoms with van der Waals surface area (Å²) in [5.41, 5.74) is 6.55. The van der Waals surface area contributed by atoms with E-state index >= 15 is 0 Å². The Hall–Kier alpha value is -1.46. The predicted molar refractivity (Wildman–Crippen MR) is 67.9 cm³/mol.